The molecule has 2 heterocycles. The number of halogens is 4. The summed E-state index contributed by atoms with van der Waals surface area (Å²) in [6, 6.07) is 17.0. The van der Waals surface area contributed by atoms with Gasteiger partial charge in [-0.05, 0) is 23.3 Å². The second kappa shape index (κ2) is 7.30. The number of aryl methyl sites for hydroxylation is 1. The van der Waals surface area contributed by atoms with Crippen LogP contribution in [-0.4, -0.2) is 24.7 Å². The molecular weight excluding hydrogens is 422 g/mol. The third-order valence-corrected chi connectivity index (χ3v) is 5.23. The molecule has 0 aliphatic carbocycles. The van der Waals surface area contributed by atoms with E-state index < -0.39 is 23.1 Å². The topological polar surface area (TPSA) is 59.4 Å². The van der Waals surface area contributed by atoms with Crippen LogP contribution in [0.25, 0.3) is 44.9 Å². The summed E-state index contributed by atoms with van der Waals surface area (Å²) in [6.07, 6.45) is -3.34. The van der Waals surface area contributed by atoms with E-state index in [0.29, 0.717) is 17.0 Å². The van der Waals surface area contributed by atoms with Gasteiger partial charge in [0.1, 0.15) is 29.0 Å². The van der Waals surface area contributed by atoms with Crippen LogP contribution in [0.5, 0.6) is 0 Å². The third-order valence-electron chi connectivity index (χ3n) is 5.23. The summed E-state index contributed by atoms with van der Waals surface area (Å²) in [6.45, 7) is 0. The Morgan fingerprint density at radius 1 is 0.906 bits per heavy atom. The lowest BCUT2D eigenvalue weighted by atomic mass is 9.94. The molecule has 0 radical (unpaired) electrons. The van der Waals surface area contributed by atoms with Crippen LogP contribution in [0.3, 0.4) is 0 Å². The van der Waals surface area contributed by atoms with Crippen LogP contribution in [0.15, 0.2) is 67.0 Å². The minimum atomic E-state index is -4.88. The molecule has 1 N–H and O–H groups in total. The Balaban J connectivity index is 1.82. The lowest BCUT2D eigenvalue weighted by Gasteiger charge is -2.13. The largest absolute Gasteiger partial charge is 0.421 e. The molecule has 0 fully saturated rings. The first-order chi connectivity index (χ1) is 15.3. The first-order valence-electron chi connectivity index (χ1n) is 9.63. The van der Waals surface area contributed by atoms with Gasteiger partial charge in [-0.15, -0.1) is 10.2 Å². The van der Waals surface area contributed by atoms with Crippen molar-refractivity contribution in [3.63, 3.8) is 0 Å². The molecule has 2 aromatic heterocycles. The van der Waals surface area contributed by atoms with Crippen LogP contribution in [0.4, 0.5) is 17.6 Å². The van der Waals surface area contributed by atoms with Crippen molar-refractivity contribution in [2.24, 2.45) is 7.05 Å². The van der Waals surface area contributed by atoms with Crippen LogP contribution >= 0.6 is 0 Å². The maximum atomic E-state index is 14.1. The summed E-state index contributed by atoms with van der Waals surface area (Å²) >= 11 is 0. The fraction of sp³-hybridized carbons (Fsp3) is 0.0870. The van der Waals surface area contributed by atoms with Crippen molar-refractivity contribution in [2.75, 3.05) is 0 Å². The number of imidazole rings is 1. The first kappa shape index (κ1) is 19.9. The molecule has 5 nitrogen and oxygen atoms in total. The Bertz CT molecular complexity index is 1430. The zero-order valence-electron chi connectivity index (χ0n) is 16.7. The van der Waals surface area contributed by atoms with E-state index in [4.69, 9.17) is 0 Å². The Labute approximate surface area is 179 Å². The number of nitrogens with zero attached hydrogens (tertiary/aromatic N) is 4. The van der Waals surface area contributed by atoms with E-state index >= 15 is 0 Å². The van der Waals surface area contributed by atoms with E-state index in [1.807, 2.05) is 36.4 Å². The minimum absolute atomic E-state index is 0.0859. The highest BCUT2D eigenvalue weighted by Crippen LogP contribution is 2.41. The lowest BCUT2D eigenvalue weighted by molar-refractivity contribution is -0.138. The standard InChI is InChI=1S/C23H15F4N5/c1-32-12-28-31-22(32)18-14(13-6-3-2-4-7-13)8-5-9-15(18)21-29-17-11-10-16(24)19(20(17)30-21)23(25,26)27/h2-12H,1H3,(H,29,30). The maximum absolute atomic E-state index is 14.1. The first-order valence-corrected chi connectivity index (χ1v) is 9.63. The fourth-order valence-electron chi connectivity index (χ4n) is 3.81. The van der Waals surface area contributed by atoms with Gasteiger partial charge in [0, 0.05) is 18.2 Å². The SMILES string of the molecule is Cn1cnnc1-c1c(-c2ccccc2)cccc1-c1nc2c(C(F)(F)F)c(F)ccc2[nH]1. The normalized spacial score (nSPS) is 11.9. The van der Waals surface area contributed by atoms with Gasteiger partial charge >= 0.3 is 6.18 Å². The fourth-order valence-corrected chi connectivity index (χ4v) is 3.81. The smallest absolute Gasteiger partial charge is 0.338 e. The van der Waals surface area contributed by atoms with Crippen molar-refractivity contribution >= 4 is 11.0 Å². The molecule has 5 rings (SSSR count). The summed E-state index contributed by atoms with van der Waals surface area (Å²) in [4.78, 5) is 7.09. The number of hydrogen-bond acceptors (Lipinski definition) is 3. The van der Waals surface area contributed by atoms with Gasteiger partial charge in [0.25, 0.3) is 0 Å². The van der Waals surface area contributed by atoms with Gasteiger partial charge in [0.15, 0.2) is 5.82 Å². The highest BCUT2D eigenvalue weighted by molar-refractivity contribution is 5.93. The molecule has 0 aliphatic rings. The van der Waals surface area contributed by atoms with Crippen LogP contribution in [0, 0.1) is 5.82 Å². The van der Waals surface area contributed by atoms with Crippen molar-refractivity contribution in [3.8, 4) is 33.9 Å². The average molecular weight is 437 g/mol. The van der Waals surface area contributed by atoms with Gasteiger partial charge < -0.3 is 9.55 Å². The Hall–Kier alpha value is -4.01. The zero-order chi connectivity index (χ0) is 22.5. The average Bonchev–Trinajstić information content (AvgIpc) is 3.38. The van der Waals surface area contributed by atoms with E-state index in [1.54, 1.807) is 23.7 Å². The number of fused-ring (bicyclic) bond motifs is 1. The van der Waals surface area contributed by atoms with Gasteiger partial charge in [-0.25, -0.2) is 9.37 Å². The summed E-state index contributed by atoms with van der Waals surface area (Å²) in [5, 5.41) is 8.17. The van der Waals surface area contributed by atoms with Gasteiger partial charge in [-0.2, -0.15) is 13.2 Å². The Kier molecular flexibility index (Phi) is 4.54. The van der Waals surface area contributed by atoms with Crippen molar-refractivity contribution in [1.82, 2.24) is 24.7 Å². The van der Waals surface area contributed by atoms with Crippen molar-refractivity contribution in [2.45, 2.75) is 6.18 Å². The second-order valence-corrected chi connectivity index (χ2v) is 7.26. The summed E-state index contributed by atoms with van der Waals surface area (Å²) in [5.74, 6) is -0.677. The van der Waals surface area contributed by atoms with Gasteiger partial charge in [0.2, 0.25) is 0 Å². The van der Waals surface area contributed by atoms with Crippen molar-refractivity contribution < 1.29 is 17.6 Å². The van der Waals surface area contributed by atoms with Crippen LogP contribution in [-0.2, 0) is 13.2 Å². The molecule has 0 unspecified atom stereocenters. The van der Waals surface area contributed by atoms with E-state index in [1.165, 1.54) is 12.4 Å². The highest BCUT2D eigenvalue weighted by atomic mass is 19.4. The molecule has 0 atom stereocenters. The number of benzene rings is 3. The summed E-state index contributed by atoms with van der Waals surface area (Å²) in [7, 11) is 1.77. The quantitative estimate of drug-likeness (QED) is 0.360. The monoisotopic (exact) mass is 437 g/mol. The molecule has 160 valence electrons. The Morgan fingerprint density at radius 2 is 1.66 bits per heavy atom. The maximum Gasteiger partial charge on any atom is 0.421 e. The Morgan fingerprint density at radius 3 is 2.34 bits per heavy atom. The van der Waals surface area contributed by atoms with Crippen LogP contribution < -0.4 is 0 Å². The molecule has 0 saturated carbocycles. The van der Waals surface area contributed by atoms with Crippen molar-refractivity contribution in [3.05, 3.63) is 78.4 Å². The molecule has 3 aromatic carbocycles. The molecule has 9 heteroatoms. The number of nitrogens with one attached hydrogen (secondary N) is 1. The zero-order valence-corrected chi connectivity index (χ0v) is 16.7. The molecule has 5 aromatic rings. The van der Waals surface area contributed by atoms with Crippen LogP contribution in [0.2, 0.25) is 0 Å². The molecule has 0 amide bonds. The number of alkyl halides is 3. The molecule has 0 spiro atoms. The second-order valence-electron chi connectivity index (χ2n) is 7.26. The van der Waals surface area contributed by atoms with Gasteiger partial charge in [-0.1, -0.05) is 48.5 Å². The number of H-pyrrole nitrogens is 1. The number of aromatic nitrogens is 5. The summed E-state index contributed by atoms with van der Waals surface area (Å²) in [5.41, 5.74) is 1.09. The van der Waals surface area contributed by atoms with Gasteiger partial charge in [0.05, 0.1) is 5.52 Å². The van der Waals surface area contributed by atoms with E-state index in [2.05, 4.69) is 20.2 Å². The molecule has 0 aliphatic heterocycles. The summed E-state index contributed by atoms with van der Waals surface area (Å²) < 4.78 is 56.3. The predicted octanol–water partition coefficient (Wildman–Crippen LogP) is 5.85. The highest BCUT2D eigenvalue weighted by Gasteiger charge is 2.37. The minimum Gasteiger partial charge on any atom is -0.338 e. The van der Waals surface area contributed by atoms with Gasteiger partial charge in [-0.3, -0.25) is 0 Å². The molecule has 32 heavy (non-hydrogen) atoms. The molecule has 0 saturated heterocycles. The van der Waals surface area contributed by atoms with Crippen LogP contribution in [0.1, 0.15) is 5.56 Å². The van der Waals surface area contributed by atoms with E-state index in [0.717, 1.165) is 17.2 Å². The third kappa shape index (κ3) is 3.22. The van der Waals surface area contributed by atoms with E-state index in [9.17, 15) is 17.6 Å². The molecule has 0 bridgehead atoms. The number of rotatable bonds is 3. The predicted molar refractivity (Wildman–Crippen MR) is 112 cm³/mol. The van der Waals surface area contributed by atoms with E-state index in [-0.39, 0.29) is 11.3 Å². The molecular formula is C23H15F4N5. The number of hydrogen-bond donors (Lipinski definition) is 1. The van der Waals surface area contributed by atoms with Crippen molar-refractivity contribution in [1.29, 1.82) is 0 Å². The lowest BCUT2D eigenvalue weighted by Crippen LogP contribution is -2.09. The number of aromatic amines is 1.